The topological polar surface area (TPSA) is 52.6 Å². The van der Waals surface area contributed by atoms with Crippen LogP contribution in [0, 0.1) is 0 Å². The Bertz CT molecular complexity index is 417. The van der Waals surface area contributed by atoms with E-state index in [2.05, 4.69) is 4.74 Å². The van der Waals surface area contributed by atoms with Crippen molar-refractivity contribution in [1.29, 1.82) is 0 Å². The number of ketones is 1. The molecule has 0 saturated carbocycles. The first kappa shape index (κ1) is 13.5. The van der Waals surface area contributed by atoms with Gasteiger partial charge in [0.25, 0.3) is 5.78 Å². The number of hydrogen-bond donors (Lipinski definition) is 0. The van der Waals surface area contributed by atoms with Crippen LogP contribution in [0.2, 0.25) is 0 Å². The standard InChI is InChI=1S/C12H13ClO4/c1-3-17-9-7-5-4-6-8(9)10(13)11(14)12(15)16-2/h4-7,10H,3H2,1-2H3. The van der Waals surface area contributed by atoms with E-state index in [0.717, 1.165) is 7.11 Å². The lowest BCUT2D eigenvalue weighted by Crippen LogP contribution is -2.20. The first-order valence-corrected chi connectivity index (χ1v) is 5.53. The van der Waals surface area contributed by atoms with E-state index >= 15 is 0 Å². The third-order valence-electron chi connectivity index (χ3n) is 2.11. The minimum Gasteiger partial charge on any atom is -0.494 e. The molecule has 0 aromatic heterocycles. The Balaban J connectivity index is 2.99. The summed E-state index contributed by atoms with van der Waals surface area (Å²) in [6.45, 7) is 2.27. The van der Waals surface area contributed by atoms with Crippen LogP contribution < -0.4 is 4.74 Å². The molecule has 17 heavy (non-hydrogen) atoms. The van der Waals surface area contributed by atoms with Gasteiger partial charge in [-0.25, -0.2) is 4.79 Å². The Kier molecular flexibility index (Phi) is 4.97. The van der Waals surface area contributed by atoms with Crippen molar-refractivity contribution < 1.29 is 19.1 Å². The number of benzene rings is 1. The summed E-state index contributed by atoms with van der Waals surface area (Å²) in [6, 6.07) is 6.82. The highest BCUT2D eigenvalue weighted by molar-refractivity contribution is 6.47. The lowest BCUT2D eigenvalue weighted by atomic mass is 10.1. The van der Waals surface area contributed by atoms with Crippen molar-refractivity contribution in [2.45, 2.75) is 12.3 Å². The molecule has 1 aromatic carbocycles. The highest BCUT2D eigenvalue weighted by Crippen LogP contribution is 2.30. The Labute approximate surface area is 104 Å². The number of rotatable bonds is 5. The van der Waals surface area contributed by atoms with Crippen LogP contribution >= 0.6 is 11.6 Å². The molecule has 0 radical (unpaired) electrons. The fraction of sp³-hybridized carbons (Fsp3) is 0.333. The number of esters is 1. The van der Waals surface area contributed by atoms with E-state index in [4.69, 9.17) is 16.3 Å². The second-order valence-corrected chi connectivity index (χ2v) is 3.63. The summed E-state index contributed by atoms with van der Waals surface area (Å²) in [4.78, 5) is 22.7. The first-order chi connectivity index (χ1) is 8.11. The van der Waals surface area contributed by atoms with E-state index < -0.39 is 17.1 Å². The van der Waals surface area contributed by atoms with E-state index in [0.29, 0.717) is 17.9 Å². The van der Waals surface area contributed by atoms with Crippen LogP contribution in [0.5, 0.6) is 5.75 Å². The maximum Gasteiger partial charge on any atom is 0.376 e. The van der Waals surface area contributed by atoms with Crippen molar-refractivity contribution in [3.8, 4) is 5.75 Å². The minimum absolute atomic E-state index is 0.451. The van der Waals surface area contributed by atoms with Crippen molar-refractivity contribution in [2.75, 3.05) is 13.7 Å². The van der Waals surface area contributed by atoms with Gasteiger partial charge in [0.1, 0.15) is 11.1 Å². The molecule has 92 valence electrons. The molecule has 1 aromatic rings. The summed E-state index contributed by atoms with van der Waals surface area (Å²) < 4.78 is 9.67. The molecule has 5 heteroatoms. The molecule has 0 heterocycles. The predicted octanol–water partition coefficient (Wildman–Crippen LogP) is 2.11. The Morgan fingerprint density at radius 1 is 1.35 bits per heavy atom. The second kappa shape index (κ2) is 6.25. The van der Waals surface area contributed by atoms with Crippen LogP contribution in [0.3, 0.4) is 0 Å². The number of Topliss-reactive ketones (excluding diaryl/α,β-unsaturated/α-hetero) is 1. The molecule has 1 unspecified atom stereocenters. The highest BCUT2D eigenvalue weighted by atomic mass is 35.5. The molecule has 0 amide bonds. The molecule has 0 aliphatic heterocycles. The molecule has 0 bridgehead atoms. The normalized spacial score (nSPS) is 11.7. The van der Waals surface area contributed by atoms with Crippen LogP contribution in [0.1, 0.15) is 17.9 Å². The van der Waals surface area contributed by atoms with Gasteiger partial charge in [-0.2, -0.15) is 0 Å². The van der Waals surface area contributed by atoms with Gasteiger partial charge < -0.3 is 9.47 Å². The zero-order valence-corrected chi connectivity index (χ0v) is 10.4. The Morgan fingerprint density at radius 3 is 2.59 bits per heavy atom. The molecular weight excluding hydrogens is 244 g/mol. The Hall–Kier alpha value is -1.55. The monoisotopic (exact) mass is 256 g/mol. The van der Waals surface area contributed by atoms with E-state index in [1.165, 1.54) is 0 Å². The fourth-order valence-electron chi connectivity index (χ4n) is 1.32. The number of ether oxygens (including phenoxy) is 2. The quantitative estimate of drug-likeness (QED) is 0.460. The number of hydrogen-bond acceptors (Lipinski definition) is 4. The van der Waals surface area contributed by atoms with Crippen molar-refractivity contribution in [3.05, 3.63) is 29.8 Å². The maximum absolute atomic E-state index is 11.6. The molecule has 0 aliphatic rings. The van der Waals surface area contributed by atoms with Gasteiger partial charge in [0.05, 0.1) is 13.7 Å². The third kappa shape index (κ3) is 3.20. The van der Waals surface area contributed by atoms with E-state index in [1.54, 1.807) is 24.3 Å². The third-order valence-corrected chi connectivity index (χ3v) is 2.54. The summed E-state index contributed by atoms with van der Waals surface area (Å²) in [5, 5.41) is -1.09. The van der Waals surface area contributed by atoms with E-state index in [9.17, 15) is 9.59 Å². The van der Waals surface area contributed by atoms with E-state index in [-0.39, 0.29) is 0 Å². The van der Waals surface area contributed by atoms with Gasteiger partial charge in [0.15, 0.2) is 0 Å². The number of alkyl halides is 1. The van der Waals surface area contributed by atoms with Crippen molar-refractivity contribution >= 4 is 23.4 Å². The summed E-state index contributed by atoms with van der Waals surface area (Å²) in [5.74, 6) is -1.27. The van der Waals surface area contributed by atoms with Crippen molar-refractivity contribution in [3.63, 3.8) is 0 Å². The number of halogens is 1. The fourth-order valence-corrected chi connectivity index (χ4v) is 1.59. The van der Waals surface area contributed by atoms with Gasteiger partial charge in [-0.15, -0.1) is 11.6 Å². The van der Waals surface area contributed by atoms with Crippen LogP contribution in [-0.4, -0.2) is 25.5 Å². The Morgan fingerprint density at radius 2 is 2.00 bits per heavy atom. The number of carbonyl (C=O) groups excluding carboxylic acids is 2. The molecule has 4 nitrogen and oxygen atoms in total. The second-order valence-electron chi connectivity index (χ2n) is 3.19. The molecule has 0 spiro atoms. The largest absolute Gasteiger partial charge is 0.494 e. The average molecular weight is 257 g/mol. The molecule has 0 fully saturated rings. The average Bonchev–Trinajstić information content (AvgIpc) is 2.37. The lowest BCUT2D eigenvalue weighted by molar-refractivity contribution is -0.151. The van der Waals surface area contributed by atoms with Gasteiger partial charge in [-0.3, -0.25) is 4.79 Å². The zero-order chi connectivity index (χ0) is 12.8. The highest BCUT2D eigenvalue weighted by Gasteiger charge is 2.27. The summed E-state index contributed by atoms with van der Waals surface area (Å²) in [7, 11) is 1.14. The zero-order valence-electron chi connectivity index (χ0n) is 9.60. The summed E-state index contributed by atoms with van der Waals surface area (Å²) in [5.41, 5.74) is 0.464. The predicted molar refractivity (Wildman–Crippen MR) is 63.2 cm³/mol. The molecule has 0 N–H and O–H groups in total. The summed E-state index contributed by atoms with van der Waals surface area (Å²) in [6.07, 6.45) is 0. The molecule has 1 atom stereocenters. The van der Waals surface area contributed by atoms with Crippen molar-refractivity contribution in [1.82, 2.24) is 0 Å². The van der Waals surface area contributed by atoms with Crippen molar-refractivity contribution in [2.24, 2.45) is 0 Å². The van der Waals surface area contributed by atoms with Crippen LogP contribution in [0.25, 0.3) is 0 Å². The molecule has 0 aliphatic carbocycles. The van der Waals surface area contributed by atoms with Crippen LogP contribution in [0.4, 0.5) is 0 Å². The molecule has 1 rings (SSSR count). The maximum atomic E-state index is 11.6. The van der Waals surface area contributed by atoms with Crippen LogP contribution in [0.15, 0.2) is 24.3 Å². The van der Waals surface area contributed by atoms with Gasteiger partial charge in [0, 0.05) is 5.56 Å². The SMILES string of the molecule is CCOc1ccccc1C(Cl)C(=O)C(=O)OC. The smallest absolute Gasteiger partial charge is 0.376 e. The van der Waals surface area contributed by atoms with Gasteiger partial charge in [0.2, 0.25) is 0 Å². The lowest BCUT2D eigenvalue weighted by Gasteiger charge is -2.12. The molecule has 0 saturated heterocycles. The van der Waals surface area contributed by atoms with E-state index in [1.807, 2.05) is 6.92 Å². The number of para-hydroxylation sites is 1. The molecular formula is C12H13ClO4. The first-order valence-electron chi connectivity index (χ1n) is 5.09. The van der Waals surface area contributed by atoms with Gasteiger partial charge in [-0.1, -0.05) is 18.2 Å². The number of carbonyl (C=O) groups is 2. The van der Waals surface area contributed by atoms with Crippen LogP contribution in [-0.2, 0) is 14.3 Å². The van der Waals surface area contributed by atoms with Gasteiger partial charge >= 0.3 is 5.97 Å². The minimum atomic E-state index is -1.09. The van der Waals surface area contributed by atoms with Gasteiger partial charge in [-0.05, 0) is 13.0 Å². The number of methoxy groups -OCH3 is 1. The summed E-state index contributed by atoms with van der Waals surface area (Å²) >= 11 is 5.94.